The lowest BCUT2D eigenvalue weighted by Crippen LogP contribution is -3.00. The highest BCUT2D eigenvalue weighted by atomic mass is 35.5. The molecular formula is C15H14ClN3O4. The normalized spacial score (nSPS) is 11.5. The number of hydrogen-bond donors (Lipinski definition) is 2. The number of halogens is 1. The molecule has 0 bridgehead atoms. The second kappa shape index (κ2) is 6.97. The van der Waals surface area contributed by atoms with Crippen molar-refractivity contribution in [3.63, 3.8) is 0 Å². The Kier molecular flexibility index (Phi) is 5.02. The maximum Gasteiger partial charge on any atom is 0.290 e. The summed E-state index contributed by atoms with van der Waals surface area (Å²) in [5.74, 6) is 0.485. The summed E-state index contributed by atoms with van der Waals surface area (Å²) >= 11 is 0. The van der Waals surface area contributed by atoms with E-state index in [1.54, 1.807) is 41.1 Å². The van der Waals surface area contributed by atoms with Gasteiger partial charge >= 0.3 is 0 Å². The zero-order valence-electron chi connectivity index (χ0n) is 12.0. The molecule has 1 aliphatic rings. The molecule has 0 saturated carbocycles. The van der Waals surface area contributed by atoms with E-state index in [2.05, 4.69) is 5.32 Å². The number of nitrogens with one attached hydrogen (secondary N) is 1. The van der Waals surface area contributed by atoms with E-state index in [1.165, 1.54) is 6.20 Å². The van der Waals surface area contributed by atoms with Crippen molar-refractivity contribution in [2.75, 3.05) is 12.1 Å². The van der Waals surface area contributed by atoms with Crippen molar-refractivity contribution in [1.82, 2.24) is 0 Å². The average Bonchev–Trinajstić information content (AvgIpc) is 2.95. The molecule has 0 aliphatic carbocycles. The first-order valence-corrected chi connectivity index (χ1v) is 6.60. The van der Waals surface area contributed by atoms with Crippen molar-refractivity contribution >= 4 is 17.5 Å². The van der Waals surface area contributed by atoms with Crippen LogP contribution >= 0.6 is 0 Å². The Bertz CT molecular complexity index is 751. The van der Waals surface area contributed by atoms with Crippen LogP contribution < -0.4 is 37.5 Å². The molecule has 3 rings (SSSR count). The Balaban J connectivity index is 0.00000192. The van der Waals surface area contributed by atoms with Gasteiger partial charge in [-0.1, -0.05) is 0 Å². The Morgan fingerprint density at radius 1 is 1.22 bits per heavy atom. The standard InChI is InChI=1S/C15H13N3O4.ClH/c16-15(20)10-2-1-5-18(7-10)8-14(19)17-11-3-4-12-13(6-11)22-9-21-12;/h1-7H,8-9H2,(H2-,16,17,19,20);1H. The number of benzene rings is 1. The molecule has 0 atom stereocenters. The summed E-state index contributed by atoms with van der Waals surface area (Å²) in [7, 11) is 0. The quantitative estimate of drug-likeness (QED) is 0.601. The molecule has 8 heteroatoms. The number of carbonyl (C=O) groups excluding carboxylic acids is 2. The lowest BCUT2D eigenvalue weighted by Gasteiger charge is -2.04. The van der Waals surface area contributed by atoms with Crippen LogP contribution in [-0.4, -0.2) is 18.6 Å². The molecule has 1 aromatic carbocycles. The third-order valence-corrected chi connectivity index (χ3v) is 3.13. The van der Waals surface area contributed by atoms with Gasteiger partial charge in [0.05, 0.1) is 0 Å². The van der Waals surface area contributed by atoms with Gasteiger partial charge in [-0.15, -0.1) is 0 Å². The van der Waals surface area contributed by atoms with Crippen molar-refractivity contribution in [1.29, 1.82) is 0 Å². The molecule has 0 radical (unpaired) electrons. The number of hydrogen-bond acceptors (Lipinski definition) is 4. The minimum absolute atomic E-state index is 0. The number of pyridine rings is 1. The fourth-order valence-corrected chi connectivity index (χ4v) is 2.11. The molecule has 23 heavy (non-hydrogen) atoms. The molecule has 0 saturated heterocycles. The Morgan fingerprint density at radius 2 is 2.00 bits per heavy atom. The minimum Gasteiger partial charge on any atom is -1.00 e. The summed E-state index contributed by atoms with van der Waals surface area (Å²) < 4.78 is 12.0. The molecule has 2 aromatic rings. The smallest absolute Gasteiger partial charge is 0.290 e. The third kappa shape index (κ3) is 3.89. The fraction of sp³-hybridized carbons (Fsp3) is 0.133. The van der Waals surface area contributed by atoms with Gasteiger partial charge in [0.15, 0.2) is 23.9 Å². The van der Waals surface area contributed by atoms with Crippen molar-refractivity contribution in [2.45, 2.75) is 6.54 Å². The van der Waals surface area contributed by atoms with Crippen LogP contribution in [0, 0.1) is 0 Å². The van der Waals surface area contributed by atoms with Gasteiger partial charge in [-0.2, -0.15) is 4.57 Å². The molecular weight excluding hydrogens is 322 g/mol. The highest BCUT2D eigenvalue weighted by Crippen LogP contribution is 2.34. The first-order valence-electron chi connectivity index (χ1n) is 6.60. The van der Waals surface area contributed by atoms with E-state index in [-0.39, 0.29) is 31.7 Å². The molecule has 1 aliphatic heterocycles. The van der Waals surface area contributed by atoms with Crippen LogP contribution in [0.5, 0.6) is 11.5 Å². The number of aromatic nitrogens is 1. The number of anilines is 1. The summed E-state index contributed by atoms with van der Waals surface area (Å²) in [5, 5.41) is 2.76. The second-order valence-corrected chi connectivity index (χ2v) is 4.75. The van der Waals surface area contributed by atoms with E-state index in [9.17, 15) is 9.59 Å². The van der Waals surface area contributed by atoms with E-state index in [0.29, 0.717) is 22.7 Å². The summed E-state index contributed by atoms with van der Waals surface area (Å²) in [6.45, 7) is 0.248. The topological polar surface area (TPSA) is 94.5 Å². The number of primary amides is 1. The van der Waals surface area contributed by atoms with E-state index >= 15 is 0 Å². The number of amides is 2. The first kappa shape index (κ1) is 16.6. The van der Waals surface area contributed by atoms with Gasteiger partial charge in [0.2, 0.25) is 13.3 Å². The van der Waals surface area contributed by atoms with Gasteiger partial charge < -0.3 is 32.9 Å². The third-order valence-electron chi connectivity index (χ3n) is 3.13. The number of carbonyl (C=O) groups is 2. The van der Waals surface area contributed by atoms with Gasteiger partial charge in [-0.3, -0.25) is 9.59 Å². The van der Waals surface area contributed by atoms with Gasteiger partial charge in [0.1, 0.15) is 5.56 Å². The van der Waals surface area contributed by atoms with Crippen LogP contribution in [0.25, 0.3) is 0 Å². The maximum absolute atomic E-state index is 12.0. The van der Waals surface area contributed by atoms with E-state index in [4.69, 9.17) is 15.2 Å². The molecule has 2 amide bonds. The predicted molar refractivity (Wildman–Crippen MR) is 76.3 cm³/mol. The van der Waals surface area contributed by atoms with E-state index < -0.39 is 5.91 Å². The minimum atomic E-state index is -0.537. The van der Waals surface area contributed by atoms with Gasteiger partial charge in [0.25, 0.3) is 11.8 Å². The van der Waals surface area contributed by atoms with Gasteiger partial charge in [0, 0.05) is 17.8 Å². The van der Waals surface area contributed by atoms with Crippen molar-refractivity contribution in [3.05, 3.63) is 48.3 Å². The average molecular weight is 336 g/mol. The molecule has 1 aromatic heterocycles. The molecule has 0 unspecified atom stereocenters. The number of ether oxygens (including phenoxy) is 2. The zero-order valence-corrected chi connectivity index (χ0v) is 12.7. The summed E-state index contributed by atoms with van der Waals surface area (Å²) in [4.78, 5) is 23.2. The van der Waals surface area contributed by atoms with E-state index in [1.807, 2.05) is 0 Å². The van der Waals surface area contributed by atoms with Gasteiger partial charge in [-0.25, -0.2) is 0 Å². The van der Waals surface area contributed by atoms with Gasteiger partial charge in [-0.05, 0) is 18.2 Å². The molecule has 0 fully saturated rings. The van der Waals surface area contributed by atoms with Crippen LogP contribution in [0.1, 0.15) is 10.4 Å². The van der Waals surface area contributed by atoms with E-state index in [0.717, 1.165) is 0 Å². The Hall–Kier alpha value is -2.80. The fourth-order valence-electron chi connectivity index (χ4n) is 2.11. The highest BCUT2D eigenvalue weighted by Gasteiger charge is 2.16. The zero-order chi connectivity index (χ0) is 15.5. The summed E-state index contributed by atoms with van der Waals surface area (Å²) in [5.41, 5.74) is 6.17. The Morgan fingerprint density at radius 3 is 2.78 bits per heavy atom. The van der Waals surface area contributed by atoms with Crippen molar-refractivity contribution in [2.24, 2.45) is 5.73 Å². The number of nitrogens with zero attached hydrogens (tertiary/aromatic N) is 1. The molecule has 3 N–H and O–H groups in total. The first-order chi connectivity index (χ1) is 10.6. The van der Waals surface area contributed by atoms with Crippen molar-refractivity contribution < 1.29 is 36.0 Å². The molecule has 2 heterocycles. The molecule has 7 nitrogen and oxygen atoms in total. The van der Waals surface area contributed by atoms with Crippen LogP contribution in [0.4, 0.5) is 5.69 Å². The van der Waals surface area contributed by atoms with Crippen molar-refractivity contribution in [3.8, 4) is 11.5 Å². The molecule has 120 valence electrons. The van der Waals surface area contributed by atoms with Crippen LogP contribution in [0.15, 0.2) is 42.7 Å². The second-order valence-electron chi connectivity index (χ2n) is 4.75. The molecule has 0 spiro atoms. The highest BCUT2D eigenvalue weighted by molar-refractivity contribution is 5.92. The summed E-state index contributed by atoms with van der Waals surface area (Å²) in [6.07, 6.45) is 3.22. The number of rotatable bonds is 4. The Labute approximate surface area is 138 Å². The lowest BCUT2D eigenvalue weighted by molar-refractivity contribution is -0.684. The number of nitrogens with two attached hydrogens (primary N) is 1. The predicted octanol–water partition coefficient (Wildman–Crippen LogP) is -2.56. The summed E-state index contributed by atoms with van der Waals surface area (Å²) in [6, 6.07) is 8.42. The SMILES string of the molecule is NC(=O)c1ccc[n+](CC(=O)Nc2ccc3c(c2)OCO3)c1.[Cl-]. The van der Waals surface area contributed by atoms with Crippen LogP contribution in [0.2, 0.25) is 0 Å². The van der Waals surface area contributed by atoms with Crippen LogP contribution in [-0.2, 0) is 11.3 Å². The lowest BCUT2D eigenvalue weighted by atomic mass is 10.2. The van der Waals surface area contributed by atoms with Crippen LogP contribution in [0.3, 0.4) is 0 Å². The number of fused-ring (bicyclic) bond motifs is 1. The maximum atomic E-state index is 12.0. The largest absolute Gasteiger partial charge is 1.00 e. The monoisotopic (exact) mass is 335 g/mol.